The number of amides is 1. The molecule has 0 fully saturated rings. The van der Waals surface area contributed by atoms with Gasteiger partial charge in [0.2, 0.25) is 5.13 Å². The molecule has 0 radical (unpaired) electrons. The number of hydrogen-bond acceptors (Lipinski definition) is 7. The summed E-state index contributed by atoms with van der Waals surface area (Å²) in [5.41, 5.74) is 1.88. The topological polar surface area (TPSA) is 97.1 Å². The Kier molecular flexibility index (Phi) is 8.98. The Labute approximate surface area is 197 Å². The van der Waals surface area contributed by atoms with Crippen molar-refractivity contribution in [2.45, 2.75) is 33.1 Å². The average Bonchev–Trinajstić information content (AvgIpc) is 3.28. The quantitative estimate of drug-likeness (QED) is 0.239. The lowest BCUT2D eigenvalue weighted by Gasteiger charge is -2.09. The summed E-state index contributed by atoms with van der Waals surface area (Å²) in [5, 5.41) is 21.4. The monoisotopic (exact) mass is 462 g/mol. The van der Waals surface area contributed by atoms with Gasteiger partial charge in [0.05, 0.1) is 0 Å². The number of carbonyl (C=O) groups is 1. The van der Waals surface area contributed by atoms with E-state index in [2.05, 4.69) is 22.4 Å². The average molecular weight is 463 g/mol. The van der Waals surface area contributed by atoms with Gasteiger partial charge in [0.1, 0.15) is 41.4 Å². The van der Waals surface area contributed by atoms with Crippen LogP contribution in [-0.2, 0) is 11.2 Å². The zero-order valence-electron chi connectivity index (χ0n) is 18.7. The highest BCUT2D eigenvalue weighted by molar-refractivity contribution is 7.15. The molecule has 7 nitrogen and oxygen atoms in total. The van der Waals surface area contributed by atoms with Crippen molar-refractivity contribution in [2.75, 3.05) is 18.5 Å². The van der Waals surface area contributed by atoms with E-state index in [1.165, 1.54) is 23.0 Å². The second-order valence-corrected chi connectivity index (χ2v) is 8.37. The first kappa shape index (κ1) is 24.0. The molecule has 1 heterocycles. The predicted octanol–water partition coefficient (Wildman–Crippen LogP) is 5.19. The van der Waals surface area contributed by atoms with E-state index in [0.29, 0.717) is 29.7 Å². The van der Waals surface area contributed by atoms with Gasteiger partial charge in [-0.25, -0.2) is 0 Å². The minimum atomic E-state index is -0.510. The summed E-state index contributed by atoms with van der Waals surface area (Å²) < 4.78 is 11.3. The number of hydrogen-bond donors (Lipinski definition) is 1. The van der Waals surface area contributed by atoms with Crippen LogP contribution in [0, 0.1) is 18.3 Å². The molecule has 1 N–H and O–H groups in total. The van der Waals surface area contributed by atoms with Crippen LogP contribution in [-0.4, -0.2) is 29.3 Å². The van der Waals surface area contributed by atoms with E-state index >= 15 is 0 Å². The van der Waals surface area contributed by atoms with Crippen molar-refractivity contribution >= 4 is 28.5 Å². The molecule has 0 atom stereocenters. The molecule has 0 spiro atoms. The summed E-state index contributed by atoms with van der Waals surface area (Å²) in [6.45, 7) is 4.96. The fraction of sp³-hybridized carbons (Fsp3) is 0.280. The van der Waals surface area contributed by atoms with Crippen LogP contribution in [0.4, 0.5) is 5.13 Å². The number of nitriles is 1. The van der Waals surface area contributed by atoms with Gasteiger partial charge in [-0.15, -0.1) is 10.2 Å². The standard InChI is InChI=1S/C25H26N4O3S/c1-3-4-5-23-28-29-25(33-23)27-24(30)20(17-26)16-19-8-12-22(13-9-19)32-15-14-31-21-10-6-18(2)7-11-21/h6-13,16H,3-5,14-15H2,1-2H3,(H,27,29,30). The summed E-state index contributed by atoms with van der Waals surface area (Å²) in [6, 6.07) is 16.9. The lowest BCUT2D eigenvalue weighted by atomic mass is 10.1. The molecule has 1 aromatic heterocycles. The van der Waals surface area contributed by atoms with Crippen LogP contribution in [0.15, 0.2) is 54.1 Å². The fourth-order valence-corrected chi connectivity index (χ4v) is 3.60. The van der Waals surface area contributed by atoms with Gasteiger partial charge >= 0.3 is 0 Å². The van der Waals surface area contributed by atoms with Gasteiger partial charge in [-0.3, -0.25) is 10.1 Å². The van der Waals surface area contributed by atoms with Gasteiger partial charge in [0.25, 0.3) is 5.91 Å². The number of ether oxygens (including phenoxy) is 2. The zero-order chi connectivity index (χ0) is 23.5. The van der Waals surface area contributed by atoms with E-state index in [1.807, 2.05) is 37.3 Å². The van der Waals surface area contributed by atoms with Gasteiger partial charge < -0.3 is 9.47 Å². The Morgan fingerprint density at radius 3 is 2.30 bits per heavy atom. The van der Waals surface area contributed by atoms with Crippen LogP contribution >= 0.6 is 11.3 Å². The van der Waals surface area contributed by atoms with Crippen LogP contribution in [0.1, 0.15) is 35.9 Å². The third-order valence-corrected chi connectivity index (χ3v) is 5.53. The number of nitrogens with zero attached hydrogens (tertiary/aromatic N) is 3. The van der Waals surface area contributed by atoms with E-state index in [9.17, 15) is 10.1 Å². The van der Waals surface area contributed by atoms with Crippen molar-refractivity contribution in [2.24, 2.45) is 0 Å². The highest BCUT2D eigenvalue weighted by atomic mass is 32.1. The Morgan fingerprint density at radius 1 is 1.06 bits per heavy atom. The number of rotatable bonds is 11. The van der Waals surface area contributed by atoms with Crippen molar-refractivity contribution in [1.29, 1.82) is 5.26 Å². The van der Waals surface area contributed by atoms with Crippen LogP contribution in [0.5, 0.6) is 11.5 Å². The molecule has 3 aromatic rings. The van der Waals surface area contributed by atoms with E-state index in [0.717, 1.165) is 30.0 Å². The van der Waals surface area contributed by atoms with Crippen molar-refractivity contribution in [3.63, 3.8) is 0 Å². The largest absolute Gasteiger partial charge is 0.490 e. The summed E-state index contributed by atoms with van der Waals surface area (Å²) in [6.07, 6.45) is 4.44. The lowest BCUT2D eigenvalue weighted by Crippen LogP contribution is -2.13. The first-order valence-electron chi connectivity index (χ1n) is 10.7. The summed E-state index contributed by atoms with van der Waals surface area (Å²) in [7, 11) is 0. The SMILES string of the molecule is CCCCc1nnc(NC(=O)C(C#N)=Cc2ccc(OCCOc3ccc(C)cc3)cc2)s1. The molecule has 0 unspecified atom stereocenters. The highest BCUT2D eigenvalue weighted by Crippen LogP contribution is 2.19. The molecule has 2 aromatic carbocycles. The number of aromatic nitrogens is 2. The first-order valence-corrected chi connectivity index (χ1v) is 11.6. The fourth-order valence-electron chi connectivity index (χ4n) is 2.83. The number of benzene rings is 2. The Bertz CT molecular complexity index is 1120. The van der Waals surface area contributed by atoms with Crippen molar-refractivity contribution < 1.29 is 14.3 Å². The molecule has 0 aliphatic carbocycles. The minimum absolute atomic E-state index is 0.0134. The first-order chi connectivity index (χ1) is 16.1. The van der Waals surface area contributed by atoms with E-state index in [1.54, 1.807) is 24.3 Å². The van der Waals surface area contributed by atoms with E-state index < -0.39 is 5.91 Å². The molecule has 8 heteroatoms. The van der Waals surface area contributed by atoms with Gasteiger partial charge in [-0.2, -0.15) is 5.26 Å². The second-order valence-electron chi connectivity index (χ2n) is 7.31. The van der Waals surface area contributed by atoms with Crippen molar-refractivity contribution in [1.82, 2.24) is 10.2 Å². The number of aryl methyl sites for hydroxylation is 2. The number of carbonyl (C=O) groups excluding carboxylic acids is 1. The summed E-state index contributed by atoms with van der Waals surface area (Å²) >= 11 is 1.33. The third-order valence-electron chi connectivity index (χ3n) is 4.63. The van der Waals surface area contributed by atoms with Gasteiger partial charge in [0.15, 0.2) is 0 Å². The Hall–Kier alpha value is -3.70. The molecule has 33 heavy (non-hydrogen) atoms. The molecule has 170 valence electrons. The van der Waals surface area contributed by atoms with Gasteiger partial charge in [-0.05, 0) is 49.2 Å². The van der Waals surface area contributed by atoms with Crippen LogP contribution in [0.3, 0.4) is 0 Å². The van der Waals surface area contributed by atoms with Gasteiger partial charge in [0, 0.05) is 6.42 Å². The molecular formula is C25H26N4O3S. The van der Waals surface area contributed by atoms with Crippen LogP contribution in [0.2, 0.25) is 0 Å². The number of nitrogens with one attached hydrogen (secondary N) is 1. The lowest BCUT2D eigenvalue weighted by molar-refractivity contribution is -0.112. The smallest absolute Gasteiger partial charge is 0.268 e. The highest BCUT2D eigenvalue weighted by Gasteiger charge is 2.13. The molecule has 3 rings (SSSR count). The predicted molar refractivity (Wildman–Crippen MR) is 129 cm³/mol. The van der Waals surface area contributed by atoms with E-state index in [4.69, 9.17) is 9.47 Å². The molecule has 0 saturated carbocycles. The Morgan fingerprint density at radius 2 is 1.70 bits per heavy atom. The molecule has 0 saturated heterocycles. The molecule has 1 amide bonds. The van der Waals surface area contributed by atoms with Crippen molar-refractivity contribution in [3.8, 4) is 17.6 Å². The maximum atomic E-state index is 12.4. The van der Waals surface area contributed by atoms with Crippen LogP contribution in [0.25, 0.3) is 6.08 Å². The number of anilines is 1. The Balaban J connectivity index is 1.50. The maximum Gasteiger partial charge on any atom is 0.268 e. The summed E-state index contributed by atoms with van der Waals surface area (Å²) in [5.74, 6) is 0.970. The number of unbranched alkanes of at least 4 members (excludes halogenated alkanes) is 1. The van der Waals surface area contributed by atoms with Gasteiger partial charge in [-0.1, -0.05) is 54.5 Å². The molecule has 0 aliphatic rings. The molecule has 0 aliphatic heterocycles. The van der Waals surface area contributed by atoms with Crippen LogP contribution < -0.4 is 14.8 Å². The second kappa shape index (κ2) is 12.4. The minimum Gasteiger partial charge on any atom is -0.490 e. The van der Waals surface area contributed by atoms with E-state index in [-0.39, 0.29) is 5.57 Å². The normalized spacial score (nSPS) is 11.0. The van der Waals surface area contributed by atoms with Crippen molar-refractivity contribution in [3.05, 3.63) is 70.2 Å². The summed E-state index contributed by atoms with van der Waals surface area (Å²) in [4.78, 5) is 12.4. The third kappa shape index (κ3) is 7.74. The molecule has 0 bridgehead atoms. The molecular weight excluding hydrogens is 436 g/mol. The maximum absolute atomic E-state index is 12.4. The zero-order valence-corrected chi connectivity index (χ0v) is 19.5.